The van der Waals surface area contributed by atoms with Gasteiger partial charge in [-0.3, -0.25) is 4.79 Å². The largest absolute Gasteiger partial charge is 0.497 e. The van der Waals surface area contributed by atoms with Gasteiger partial charge in [-0.2, -0.15) is 0 Å². The first-order valence-corrected chi connectivity index (χ1v) is 9.86. The predicted octanol–water partition coefficient (Wildman–Crippen LogP) is 4.82. The molecule has 0 saturated heterocycles. The molecule has 2 aromatic carbocycles. The average molecular weight is 415 g/mol. The van der Waals surface area contributed by atoms with Gasteiger partial charge < -0.3 is 15.0 Å². The third-order valence-corrected chi connectivity index (χ3v) is 5.90. The van der Waals surface area contributed by atoms with Gasteiger partial charge in [0, 0.05) is 29.3 Å². The Labute approximate surface area is 162 Å². The van der Waals surface area contributed by atoms with Crippen molar-refractivity contribution >= 4 is 27.5 Å². The van der Waals surface area contributed by atoms with Gasteiger partial charge in [0.2, 0.25) is 0 Å². The van der Waals surface area contributed by atoms with Crippen LogP contribution < -0.4 is 10.1 Å². The van der Waals surface area contributed by atoms with Crippen LogP contribution in [0.5, 0.6) is 5.75 Å². The molecule has 136 valence electrons. The van der Waals surface area contributed by atoms with Crippen molar-refractivity contribution in [2.75, 3.05) is 12.4 Å². The number of nitrogens with zero attached hydrogens (tertiary/aromatic N) is 1. The van der Waals surface area contributed by atoms with E-state index in [-0.39, 0.29) is 5.91 Å². The van der Waals surface area contributed by atoms with E-state index in [1.165, 1.54) is 12.8 Å². The monoisotopic (exact) mass is 414 g/mol. The van der Waals surface area contributed by atoms with Crippen LogP contribution in [0, 0.1) is 5.92 Å². The second-order valence-corrected chi connectivity index (χ2v) is 8.12. The lowest BCUT2D eigenvalue weighted by Gasteiger charge is -2.24. The van der Waals surface area contributed by atoms with Crippen molar-refractivity contribution in [3.05, 3.63) is 57.6 Å². The number of amides is 1. The summed E-state index contributed by atoms with van der Waals surface area (Å²) >= 11 is 3.59. The smallest absolute Gasteiger partial charge is 0.256 e. The van der Waals surface area contributed by atoms with E-state index >= 15 is 0 Å². The molecule has 26 heavy (non-hydrogen) atoms. The van der Waals surface area contributed by atoms with E-state index in [2.05, 4.69) is 34.2 Å². The molecule has 1 aliphatic heterocycles. The van der Waals surface area contributed by atoms with Crippen molar-refractivity contribution in [2.24, 2.45) is 5.92 Å². The topological polar surface area (TPSA) is 41.6 Å². The summed E-state index contributed by atoms with van der Waals surface area (Å²) in [6.45, 7) is 3.56. The summed E-state index contributed by atoms with van der Waals surface area (Å²) < 4.78 is 6.21. The van der Waals surface area contributed by atoms with Gasteiger partial charge in [-0.1, -0.05) is 28.1 Å². The number of nitrogens with one attached hydrogen (secondary N) is 1. The van der Waals surface area contributed by atoms with Crippen molar-refractivity contribution in [3.8, 4) is 5.75 Å². The van der Waals surface area contributed by atoms with Crippen LogP contribution in [0.3, 0.4) is 0 Å². The van der Waals surface area contributed by atoms with Crippen LogP contribution in [0.4, 0.5) is 5.69 Å². The van der Waals surface area contributed by atoms with E-state index in [1.54, 1.807) is 7.11 Å². The molecule has 0 bridgehead atoms. The molecule has 4 rings (SSSR count). The highest BCUT2D eigenvalue weighted by Gasteiger charge is 2.39. The molecule has 1 N–H and O–H groups in total. The first-order valence-electron chi connectivity index (χ1n) is 9.07. The second kappa shape index (κ2) is 6.95. The van der Waals surface area contributed by atoms with Gasteiger partial charge >= 0.3 is 0 Å². The Morgan fingerprint density at radius 2 is 2.00 bits per heavy atom. The third-order valence-electron chi connectivity index (χ3n) is 5.44. The maximum absolute atomic E-state index is 13.1. The van der Waals surface area contributed by atoms with Crippen molar-refractivity contribution in [1.29, 1.82) is 0 Å². The molecule has 4 nitrogen and oxygen atoms in total. The van der Waals surface area contributed by atoms with Crippen molar-refractivity contribution < 1.29 is 9.53 Å². The minimum atomic E-state index is 0.157. The number of hydrogen-bond acceptors (Lipinski definition) is 3. The number of fused-ring (bicyclic) bond motifs is 1. The number of ether oxygens (including phenoxy) is 1. The maximum Gasteiger partial charge on any atom is 0.256 e. The van der Waals surface area contributed by atoms with Crippen molar-refractivity contribution in [3.63, 3.8) is 0 Å². The van der Waals surface area contributed by atoms with Gasteiger partial charge in [0.15, 0.2) is 0 Å². The Morgan fingerprint density at radius 1 is 1.27 bits per heavy atom. The molecular formula is C21H23BrN2O2. The second-order valence-electron chi connectivity index (χ2n) is 7.20. The van der Waals surface area contributed by atoms with Gasteiger partial charge in [0.1, 0.15) is 5.75 Å². The molecule has 1 amide bonds. The van der Waals surface area contributed by atoms with Crippen LogP contribution in [-0.4, -0.2) is 24.0 Å². The molecule has 1 heterocycles. The number of methoxy groups -OCH3 is 1. The molecule has 1 saturated carbocycles. The minimum absolute atomic E-state index is 0.157. The van der Waals surface area contributed by atoms with E-state index < -0.39 is 0 Å². The predicted molar refractivity (Wildman–Crippen MR) is 107 cm³/mol. The number of carbonyl (C=O) groups excluding carboxylic acids is 1. The lowest BCUT2D eigenvalue weighted by atomic mass is 10.1. The molecular weight excluding hydrogens is 392 g/mol. The lowest BCUT2D eigenvalue weighted by molar-refractivity contribution is 0.0698. The number of rotatable bonds is 6. The molecule has 2 aromatic rings. The van der Waals surface area contributed by atoms with Crippen LogP contribution in [0.2, 0.25) is 0 Å². The molecule has 0 spiro atoms. The molecule has 0 unspecified atom stereocenters. The van der Waals surface area contributed by atoms with Crippen molar-refractivity contribution in [2.45, 2.75) is 38.9 Å². The van der Waals surface area contributed by atoms with Gasteiger partial charge in [-0.05, 0) is 61.1 Å². The highest BCUT2D eigenvalue weighted by molar-refractivity contribution is 9.10. The maximum atomic E-state index is 13.1. The highest BCUT2D eigenvalue weighted by atomic mass is 79.9. The Hall–Kier alpha value is -2.01. The summed E-state index contributed by atoms with van der Waals surface area (Å²) in [6, 6.07) is 12.4. The van der Waals surface area contributed by atoms with E-state index in [0.717, 1.165) is 32.6 Å². The molecule has 1 fully saturated rings. The Morgan fingerprint density at radius 3 is 2.65 bits per heavy atom. The van der Waals surface area contributed by atoms with Crippen LogP contribution in [-0.2, 0) is 13.1 Å². The number of anilines is 1. The number of benzene rings is 2. The molecule has 0 aromatic heterocycles. The van der Waals surface area contributed by atoms with Gasteiger partial charge in [-0.15, -0.1) is 0 Å². The summed E-state index contributed by atoms with van der Waals surface area (Å²) in [6.07, 6.45) is 2.49. The molecule has 0 radical (unpaired) electrons. The van der Waals surface area contributed by atoms with Crippen LogP contribution >= 0.6 is 15.9 Å². The fourth-order valence-corrected chi connectivity index (χ4v) is 4.19. The van der Waals surface area contributed by atoms with Gasteiger partial charge in [-0.25, -0.2) is 0 Å². The fourth-order valence-electron chi connectivity index (χ4n) is 3.68. The number of hydrogen-bond donors (Lipinski definition) is 1. The first-order chi connectivity index (χ1) is 12.6. The molecule has 1 atom stereocenters. The van der Waals surface area contributed by atoms with Crippen LogP contribution in [0.25, 0.3) is 0 Å². The standard InChI is InChI=1S/C21H23BrN2O2/c1-13(15-5-6-15)24-12-16-9-17(22)10-19(20(16)21(24)25)23-11-14-3-7-18(26-2)8-4-14/h3-4,7-10,13,15,23H,5-6,11-12H2,1-2H3/t13-/m0/s1. The molecule has 5 heteroatoms. The first kappa shape index (κ1) is 17.4. The van der Waals surface area contributed by atoms with Gasteiger partial charge in [0.25, 0.3) is 5.91 Å². The zero-order valence-electron chi connectivity index (χ0n) is 15.1. The van der Waals surface area contributed by atoms with E-state index in [0.29, 0.717) is 25.0 Å². The zero-order chi connectivity index (χ0) is 18.3. The van der Waals surface area contributed by atoms with E-state index in [9.17, 15) is 4.79 Å². The highest BCUT2D eigenvalue weighted by Crippen LogP contribution is 2.40. The summed E-state index contributed by atoms with van der Waals surface area (Å²) in [4.78, 5) is 15.1. The van der Waals surface area contributed by atoms with E-state index in [4.69, 9.17) is 4.74 Å². The number of carbonyl (C=O) groups is 1. The third kappa shape index (κ3) is 3.32. The molecule has 2 aliphatic rings. The summed E-state index contributed by atoms with van der Waals surface area (Å²) in [5, 5.41) is 3.46. The van der Waals surface area contributed by atoms with E-state index in [1.807, 2.05) is 35.2 Å². The average Bonchev–Trinajstić information content (AvgIpc) is 3.44. The summed E-state index contributed by atoms with van der Waals surface area (Å²) in [5.41, 5.74) is 3.98. The van der Waals surface area contributed by atoms with Crippen LogP contribution in [0.1, 0.15) is 41.3 Å². The summed E-state index contributed by atoms with van der Waals surface area (Å²) in [5.74, 6) is 1.67. The normalized spacial score (nSPS) is 17.2. The quantitative estimate of drug-likeness (QED) is 0.735. The minimum Gasteiger partial charge on any atom is -0.497 e. The zero-order valence-corrected chi connectivity index (χ0v) is 16.7. The molecule has 1 aliphatic carbocycles. The number of halogens is 1. The fraction of sp³-hybridized carbons (Fsp3) is 0.381. The Balaban J connectivity index is 1.55. The van der Waals surface area contributed by atoms with Gasteiger partial charge in [0.05, 0.1) is 12.7 Å². The van der Waals surface area contributed by atoms with Crippen molar-refractivity contribution in [1.82, 2.24) is 4.90 Å². The lowest BCUT2D eigenvalue weighted by Crippen LogP contribution is -2.34. The Bertz CT molecular complexity index is 831. The SMILES string of the molecule is COc1ccc(CNc2cc(Br)cc3c2C(=O)N([C@@H](C)C2CC2)C3)cc1. The summed E-state index contributed by atoms with van der Waals surface area (Å²) in [7, 11) is 1.66. The Kier molecular flexibility index (Phi) is 4.65. The van der Waals surface area contributed by atoms with Crippen LogP contribution in [0.15, 0.2) is 40.9 Å².